The number of phosphoric acid groups is 1. The molecule has 0 aromatic carbocycles. The zero-order valence-electron chi connectivity index (χ0n) is 7.62. The zero-order valence-corrected chi connectivity index (χ0v) is 14.8. The van der Waals surface area contributed by atoms with Crippen molar-refractivity contribution in [1.29, 1.82) is 0 Å². The third-order valence-corrected chi connectivity index (χ3v) is 1.28. The van der Waals surface area contributed by atoms with E-state index in [-0.39, 0.29) is 6.61 Å². The summed E-state index contributed by atoms with van der Waals surface area (Å²) in [5.41, 5.74) is 0. The summed E-state index contributed by atoms with van der Waals surface area (Å²) in [4.78, 5) is 16.3. The standard InChI is InChI=1S/C4H11O4P.5ClH.Sb/c1-2-3-4-8-9(5,6)7;;;;;;/h2-4H2,1H3,(H2,5,6,7);5*1H;/q;;;;;;+5/p-5. The summed E-state index contributed by atoms with van der Waals surface area (Å²) in [5, 5.41) is 0. The molecule has 0 aliphatic rings. The van der Waals surface area contributed by atoms with Crippen LogP contribution in [-0.2, 0) is 9.09 Å². The van der Waals surface area contributed by atoms with Crippen molar-refractivity contribution in [3.63, 3.8) is 0 Å². The van der Waals surface area contributed by atoms with E-state index in [1.807, 2.05) is 6.92 Å². The molecule has 0 amide bonds. The van der Waals surface area contributed by atoms with E-state index in [0.29, 0.717) is 6.42 Å². The molecule has 15 heavy (non-hydrogen) atoms. The van der Waals surface area contributed by atoms with Crippen molar-refractivity contribution in [3.05, 3.63) is 0 Å². The topological polar surface area (TPSA) is 66.8 Å². The number of hydrogen-bond donors (Lipinski definition) is 2. The van der Waals surface area contributed by atoms with Crippen LogP contribution >= 0.6 is 52.0 Å². The molecule has 0 aromatic rings. The van der Waals surface area contributed by atoms with E-state index in [0.717, 1.165) is 6.42 Å². The second kappa shape index (κ2) is 7.73. The van der Waals surface area contributed by atoms with Crippen molar-refractivity contribution < 1.29 is 18.9 Å². The van der Waals surface area contributed by atoms with Gasteiger partial charge in [-0.25, -0.2) is 4.57 Å². The van der Waals surface area contributed by atoms with Crippen molar-refractivity contribution >= 4 is 63.7 Å². The molecule has 0 rings (SSSR count). The molecular weight excluding hydrogens is 442 g/mol. The number of unbranched alkanes of at least 4 members (excludes halogenated alkanes) is 1. The SMILES string of the molecule is CCCCOP(=O)(O)O.[Cl][Sb]([Cl])([Cl])([Cl])[Cl]. The minimum atomic E-state index is -4.33. The van der Waals surface area contributed by atoms with Gasteiger partial charge in [-0.3, -0.25) is 4.52 Å². The van der Waals surface area contributed by atoms with Crippen molar-refractivity contribution in [2.45, 2.75) is 19.8 Å². The molecule has 2 N–H and O–H groups in total. The monoisotopic (exact) mass is 450 g/mol. The molecule has 0 aliphatic carbocycles. The molecule has 0 atom stereocenters. The molecule has 0 saturated carbocycles. The van der Waals surface area contributed by atoms with Crippen LogP contribution in [0.4, 0.5) is 0 Å². The fourth-order valence-corrected chi connectivity index (χ4v) is 0.695. The van der Waals surface area contributed by atoms with Gasteiger partial charge in [0.2, 0.25) is 0 Å². The molecule has 0 aromatic heterocycles. The summed E-state index contributed by atoms with van der Waals surface area (Å²) in [6, 6.07) is 0. The Morgan fingerprint density at radius 2 is 1.53 bits per heavy atom. The van der Waals surface area contributed by atoms with Crippen LogP contribution in [0.2, 0.25) is 0 Å². The van der Waals surface area contributed by atoms with Crippen molar-refractivity contribution in [3.8, 4) is 0 Å². The predicted molar refractivity (Wildman–Crippen MR) is 67.9 cm³/mol. The van der Waals surface area contributed by atoms with E-state index < -0.39 is 19.5 Å². The summed E-state index contributed by atoms with van der Waals surface area (Å²) in [5.74, 6) is 0. The fraction of sp³-hybridized carbons (Fsp3) is 1.00. The fourth-order valence-electron chi connectivity index (χ4n) is 0.328. The first kappa shape index (κ1) is 19.7. The van der Waals surface area contributed by atoms with Crippen LogP contribution in [-0.4, -0.2) is 28.1 Å². The Labute approximate surface area is 108 Å². The first-order valence-corrected chi connectivity index (χ1v) is 21.3. The average molecular weight is 453 g/mol. The molecule has 0 bridgehead atoms. The summed E-state index contributed by atoms with van der Waals surface area (Å²) >= 11 is -4.33. The van der Waals surface area contributed by atoms with Gasteiger partial charge in [-0.1, -0.05) is 13.3 Å². The normalized spacial score (nSPS) is 14.8. The van der Waals surface area contributed by atoms with E-state index in [1.54, 1.807) is 0 Å². The molecule has 0 spiro atoms. The van der Waals surface area contributed by atoms with Crippen LogP contribution in [0, 0.1) is 0 Å². The van der Waals surface area contributed by atoms with Gasteiger partial charge in [0.05, 0.1) is 6.61 Å². The summed E-state index contributed by atoms with van der Waals surface area (Å²) < 4.78 is 14.1. The summed E-state index contributed by atoms with van der Waals surface area (Å²) in [7, 11) is 21.0. The van der Waals surface area contributed by atoms with Crippen LogP contribution in [0.1, 0.15) is 19.8 Å². The molecular formula is C4H11Cl5O4PSb. The number of hydrogen-bond acceptors (Lipinski definition) is 2. The van der Waals surface area contributed by atoms with Crippen LogP contribution in [0.25, 0.3) is 0 Å². The van der Waals surface area contributed by atoms with Gasteiger partial charge < -0.3 is 9.79 Å². The van der Waals surface area contributed by atoms with Gasteiger partial charge in [0.15, 0.2) is 0 Å². The Morgan fingerprint density at radius 1 is 1.20 bits per heavy atom. The van der Waals surface area contributed by atoms with Crippen molar-refractivity contribution in [1.82, 2.24) is 0 Å². The van der Waals surface area contributed by atoms with Gasteiger partial charge in [0, 0.05) is 0 Å². The van der Waals surface area contributed by atoms with E-state index in [4.69, 9.17) is 53.9 Å². The number of rotatable bonds is 4. The Bertz CT molecular complexity index is 206. The second-order valence-corrected chi connectivity index (χ2v) is 41.5. The van der Waals surface area contributed by atoms with Gasteiger partial charge in [-0.2, -0.15) is 0 Å². The molecule has 11 heteroatoms. The van der Waals surface area contributed by atoms with Gasteiger partial charge >= 0.3 is 63.7 Å². The molecule has 0 heterocycles. The number of halogens is 5. The number of phosphoric ester groups is 1. The zero-order chi connectivity index (χ0) is 12.8. The average Bonchev–Trinajstić information content (AvgIpc) is 1.78. The van der Waals surface area contributed by atoms with Gasteiger partial charge in [-0.05, 0) is 6.42 Å². The molecule has 0 unspecified atom stereocenters. The first-order chi connectivity index (χ1) is 6.30. The molecule has 96 valence electrons. The third kappa shape index (κ3) is 48.2. The van der Waals surface area contributed by atoms with Crippen molar-refractivity contribution in [2.24, 2.45) is 0 Å². The molecule has 0 saturated heterocycles. The van der Waals surface area contributed by atoms with Crippen LogP contribution in [0.15, 0.2) is 0 Å². The quantitative estimate of drug-likeness (QED) is 0.385. The van der Waals surface area contributed by atoms with E-state index >= 15 is 0 Å². The van der Waals surface area contributed by atoms with Crippen LogP contribution in [0.3, 0.4) is 0 Å². The van der Waals surface area contributed by atoms with Crippen molar-refractivity contribution in [2.75, 3.05) is 6.61 Å². The van der Waals surface area contributed by atoms with E-state index in [9.17, 15) is 4.57 Å². The Morgan fingerprint density at radius 3 is 1.73 bits per heavy atom. The minimum absolute atomic E-state index is 0.140. The Kier molecular flexibility index (Phi) is 10.2. The Balaban J connectivity index is 0. The molecule has 0 aliphatic heterocycles. The van der Waals surface area contributed by atoms with Gasteiger partial charge in [0.1, 0.15) is 0 Å². The maximum atomic E-state index is 9.98. The first-order valence-electron chi connectivity index (χ1n) is 3.61. The van der Waals surface area contributed by atoms with Crippen LogP contribution in [0.5, 0.6) is 0 Å². The summed E-state index contributed by atoms with van der Waals surface area (Å²) in [6.45, 7) is 2.06. The molecule has 0 radical (unpaired) electrons. The third-order valence-electron chi connectivity index (χ3n) is 0.757. The predicted octanol–water partition coefficient (Wildman–Crippen LogP) is 3.96. The van der Waals surface area contributed by atoms with Gasteiger partial charge in [-0.15, -0.1) is 0 Å². The maximum absolute atomic E-state index is 9.98. The summed E-state index contributed by atoms with van der Waals surface area (Å²) in [6.07, 6.45) is 1.56. The van der Waals surface area contributed by atoms with E-state index in [1.165, 1.54) is 0 Å². The van der Waals surface area contributed by atoms with Gasteiger partial charge in [0.25, 0.3) is 0 Å². The second-order valence-electron chi connectivity index (χ2n) is 2.32. The van der Waals surface area contributed by atoms with Crippen LogP contribution < -0.4 is 0 Å². The van der Waals surface area contributed by atoms with E-state index in [2.05, 4.69) is 4.52 Å². The molecule has 0 fully saturated rings. The molecule has 4 nitrogen and oxygen atoms in total. The Hall–Kier alpha value is 2.38.